The molecular formula is C12H16FNO2. The van der Waals surface area contributed by atoms with Crippen molar-refractivity contribution in [2.75, 3.05) is 26.7 Å². The normalized spacial score (nSPS) is 22.3. The van der Waals surface area contributed by atoms with Crippen molar-refractivity contribution in [3.05, 3.63) is 35.1 Å². The van der Waals surface area contributed by atoms with Gasteiger partial charge in [-0.1, -0.05) is 12.1 Å². The molecule has 88 valence electrons. The topological polar surface area (TPSA) is 32.7 Å². The highest BCUT2D eigenvalue weighted by Crippen LogP contribution is 2.23. The number of aliphatic hydroxyl groups excluding tert-OH is 1. The van der Waals surface area contributed by atoms with Crippen LogP contribution in [-0.4, -0.2) is 36.8 Å². The van der Waals surface area contributed by atoms with E-state index < -0.39 is 0 Å². The van der Waals surface area contributed by atoms with Gasteiger partial charge in [0.2, 0.25) is 0 Å². The van der Waals surface area contributed by atoms with Crippen LogP contribution in [0.4, 0.5) is 4.39 Å². The van der Waals surface area contributed by atoms with Crippen LogP contribution in [0.5, 0.6) is 0 Å². The molecular weight excluding hydrogens is 209 g/mol. The molecule has 1 N–H and O–H groups in total. The summed E-state index contributed by atoms with van der Waals surface area (Å²) in [6.07, 6.45) is -0.0685. The van der Waals surface area contributed by atoms with Crippen LogP contribution in [-0.2, 0) is 11.3 Å². The van der Waals surface area contributed by atoms with Crippen molar-refractivity contribution in [3.8, 4) is 0 Å². The highest BCUT2D eigenvalue weighted by molar-refractivity contribution is 5.26. The molecule has 1 aliphatic rings. The number of ether oxygens (including phenoxy) is 1. The third-order valence-electron chi connectivity index (χ3n) is 2.89. The number of likely N-dealkylation sites (N-methyl/N-ethyl adjacent to an activating group) is 1. The Bertz CT molecular complexity index is 370. The van der Waals surface area contributed by atoms with E-state index in [1.165, 1.54) is 6.07 Å². The van der Waals surface area contributed by atoms with Crippen LogP contribution in [0.2, 0.25) is 0 Å². The van der Waals surface area contributed by atoms with Crippen molar-refractivity contribution in [1.82, 2.24) is 4.90 Å². The summed E-state index contributed by atoms with van der Waals surface area (Å²) in [5, 5.41) is 8.88. The first-order chi connectivity index (χ1) is 7.70. The molecule has 1 heterocycles. The standard InChI is InChI=1S/C12H16FNO2/c1-14-4-5-16-12(7-14)9-2-3-10(8-15)11(13)6-9/h2-3,6,12,15H,4-5,7-8H2,1H3. The fourth-order valence-electron chi connectivity index (χ4n) is 1.87. The van der Waals surface area contributed by atoms with Crippen LogP contribution < -0.4 is 0 Å². The van der Waals surface area contributed by atoms with Gasteiger partial charge >= 0.3 is 0 Å². The van der Waals surface area contributed by atoms with Crippen LogP contribution in [0.25, 0.3) is 0 Å². The van der Waals surface area contributed by atoms with E-state index >= 15 is 0 Å². The molecule has 0 aliphatic carbocycles. The lowest BCUT2D eigenvalue weighted by atomic mass is 10.1. The zero-order valence-corrected chi connectivity index (χ0v) is 9.32. The number of aliphatic hydroxyl groups is 1. The molecule has 16 heavy (non-hydrogen) atoms. The monoisotopic (exact) mass is 225 g/mol. The SMILES string of the molecule is CN1CCOC(c2ccc(CO)c(F)c2)C1. The largest absolute Gasteiger partial charge is 0.392 e. The number of benzene rings is 1. The number of hydrogen-bond acceptors (Lipinski definition) is 3. The van der Waals surface area contributed by atoms with Gasteiger partial charge in [0, 0.05) is 18.7 Å². The summed E-state index contributed by atoms with van der Waals surface area (Å²) in [7, 11) is 2.02. The summed E-state index contributed by atoms with van der Waals surface area (Å²) in [4.78, 5) is 2.16. The number of halogens is 1. The van der Waals surface area contributed by atoms with Crippen LogP contribution in [0.15, 0.2) is 18.2 Å². The average Bonchev–Trinajstić information content (AvgIpc) is 2.29. The van der Waals surface area contributed by atoms with Gasteiger partial charge in [0.1, 0.15) is 5.82 Å². The maximum Gasteiger partial charge on any atom is 0.129 e. The maximum atomic E-state index is 13.5. The zero-order chi connectivity index (χ0) is 11.5. The third-order valence-corrected chi connectivity index (χ3v) is 2.89. The lowest BCUT2D eigenvalue weighted by Gasteiger charge is -2.30. The van der Waals surface area contributed by atoms with Crippen molar-refractivity contribution >= 4 is 0 Å². The van der Waals surface area contributed by atoms with Crippen molar-refractivity contribution in [2.45, 2.75) is 12.7 Å². The minimum Gasteiger partial charge on any atom is -0.392 e. The first-order valence-electron chi connectivity index (χ1n) is 5.40. The van der Waals surface area contributed by atoms with Gasteiger partial charge in [0.15, 0.2) is 0 Å². The Morgan fingerprint density at radius 2 is 2.38 bits per heavy atom. The molecule has 1 saturated heterocycles. The Morgan fingerprint density at radius 3 is 3.00 bits per heavy atom. The molecule has 0 radical (unpaired) electrons. The number of nitrogens with zero attached hydrogens (tertiary/aromatic N) is 1. The van der Waals surface area contributed by atoms with Crippen LogP contribution in [0, 0.1) is 5.82 Å². The second kappa shape index (κ2) is 4.91. The quantitative estimate of drug-likeness (QED) is 0.824. The first-order valence-corrected chi connectivity index (χ1v) is 5.40. The number of rotatable bonds is 2. The molecule has 4 heteroatoms. The molecule has 1 aromatic carbocycles. The lowest BCUT2D eigenvalue weighted by molar-refractivity contribution is -0.0210. The van der Waals surface area contributed by atoms with Crippen LogP contribution in [0.3, 0.4) is 0 Å². The van der Waals surface area contributed by atoms with Crippen molar-refractivity contribution < 1.29 is 14.2 Å². The molecule has 1 fully saturated rings. The predicted molar refractivity (Wildman–Crippen MR) is 58.5 cm³/mol. The Kier molecular flexibility index (Phi) is 3.53. The summed E-state index contributed by atoms with van der Waals surface area (Å²) < 4.78 is 19.1. The third kappa shape index (κ3) is 2.40. The first kappa shape index (κ1) is 11.5. The van der Waals surface area contributed by atoms with E-state index in [-0.39, 0.29) is 18.5 Å². The molecule has 3 nitrogen and oxygen atoms in total. The van der Waals surface area contributed by atoms with E-state index in [4.69, 9.17) is 9.84 Å². The summed E-state index contributed by atoms with van der Waals surface area (Å²) >= 11 is 0. The van der Waals surface area contributed by atoms with Crippen molar-refractivity contribution in [3.63, 3.8) is 0 Å². The lowest BCUT2D eigenvalue weighted by Crippen LogP contribution is -2.35. The van der Waals surface area contributed by atoms with E-state index in [1.807, 2.05) is 13.1 Å². The number of hydrogen-bond donors (Lipinski definition) is 1. The zero-order valence-electron chi connectivity index (χ0n) is 9.32. The highest BCUT2D eigenvalue weighted by Gasteiger charge is 2.20. The van der Waals surface area contributed by atoms with Gasteiger partial charge in [-0.05, 0) is 18.7 Å². The van der Waals surface area contributed by atoms with E-state index in [0.717, 1.165) is 18.7 Å². The Morgan fingerprint density at radius 1 is 1.56 bits per heavy atom. The Labute approximate surface area is 94.4 Å². The molecule has 0 spiro atoms. The van der Waals surface area contributed by atoms with E-state index in [2.05, 4.69) is 4.90 Å². The molecule has 1 aliphatic heterocycles. The second-order valence-corrected chi connectivity index (χ2v) is 4.13. The summed E-state index contributed by atoms with van der Waals surface area (Å²) in [5.41, 5.74) is 1.16. The fourth-order valence-corrected chi connectivity index (χ4v) is 1.87. The van der Waals surface area contributed by atoms with Gasteiger partial charge in [-0.3, -0.25) is 0 Å². The molecule has 1 aromatic rings. The summed E-state index contributed by atoms with van der Waals surface area (Å²) in [6, 6.07) is 4.89. The average molecular weight is 225 g/mol. The minimum absolute atomic E-state index is 0.0685. The Hall–Kier alpha value is -0.970. The predicted octanol–water partition coefficient (Wildman–Crippen LogP) is 1.32. The van der Waals surface area contributed by atoms with Gasteiger partial charge in [-0.2, -0.15) is 0 Å². The number of morpholine rings is 1. The maximum absolute atomic E-state index is 13.5. The van der Waals surface area contributed by atoms with Gasteiger partial charge < -0.3 is 14.7 Å². The van der Waals surface area contributed by atoms with Crippen LogP contribution >= 0.6 is 0 Å². The van der Waals surface area contributed by atoms with E-state index in [0.29, 0.717) is 12.2 Å². The Balaban J connectivity index is 2.17. The van der Waals surface area contributed by atoms with Gasteiger partial charge in [-0.25, -0.2) is 4.39 Å². The van der Waals surface area contributed by atoms with Crippen LogP contribution in [0.1, 0.15) is 17.2 Å². The summed E-state index contributed by atoms with van der Waals surface area (Å²) in [6.45, 7) is 2.09. The van der Waals surface area contributed by atoms with Gasteiger partial charge in [0.25, 0.3) is 0 Å². The highest BCUT2D eigenvalue weighted by atomic mass is 19.1. The second-order valence-electron chi connectivity index (χ2n) is 4.13. The molecule has 0 saturated carbocycles. The molecule has 2 rings (SSSR count). The van der Waals surface area contributed by atoms with Crippen molar-refractivity contribution in [2.24, 2.45) is 0 Å². The van der Waals surface area contributed by atoms with Crippen molar-refractivity contribution in [1.29, 1.82) is 0 Å². The molecule has 1 atom stereocenters. The fraction of sp³-hybridized carbons (Fsp3) is 0.500. The minimum atomic E-state index is -0.364. The molecule has 1 unspecified atom stereocenters. The smallest absolute Gasteiger partial charge is 0.129 e. The van der Waals surface area contributed by atoms with E-state index in [9.17, 15) is 4.39 Å². The summed E-state index contributed by atoms with van der Waals surface area (Å²) in [5.74, 6) is -0.364. The molecule has 0 aromatic heterocycles. The van der Waals surface area contributed by atoms with Gasteiger partial charge in [0.05, 0.1) is 19.3 Å². The van der Waals surface area contributed by atoms with E-state index in [1.54, 1.807) is 6.07 Å². The molecule has 0 amide bonds. The molecule has 0 bridgehead atoms. The van der Waals surface area contributed by atoms with Gasteiger partial charge in [-0.15, -0.1) is 0 Å².